The van der Waals surface area contributed by atoms with E-state index in [-0.39, 0.29) is 25.3 Å². The van der Waals surface area contributed by atoms with E-state index in [1.165, 1.54) is 0 Å². The first-order valence-electron chi connectivity index (χ1n) is 6.44. The molecule has 0 N–H and O–H groups in total. The summed E-state index contributed by atoms with van der Waals surface area (Å²) in [7, 11) is 0. The number of piperidine rings is 1. The van der Waals surface area contributed by atoms with Gasteiger partial charge in [0.1, 0.15) is 0 Å². The Hall–Kier alpha value is -0.880. The average molecular weight is 350 g/mol. The Kier molecular flexibility index (Phi) is 4.86. The number of rotatable bonds is 3. The summed E-state index contributed by atoms with van der Waals surface area (Å²) in [6, 6.07) is 6.86. The number of hydrogen-bond donors (Lipinski definition) is 0. The summed E-state index contributed by atoms with van der Waals surface area (Å²) in [5, 5.41) is 0. The number of carbonyl (C=O) groups excluding carboxylic acids is 1. The Morgan fingerprint density at radius 2 is 1.95 bits per heavy atom. The molecule has 0 bridgehead atoms. The van der Waals surface area contributed by atoms with E-state index < -0.39 is 12.1 Å². The minimum absolute atomic E-state index is 0.0498. The highest BCUT2D eigenvalue weighted by molar-refractivity contribution is 9.10. The maximum atomic E-state index is 12.7. The predicted octanol–water partition coefficient (Wildman–Crippen LogP) is 3.91. The van der Waals surface area contributed by atoms with E-state index in [0.29, 0.717) is 18.5 Å². The maximum absolute atomic E-state index is 12.7. The molecule has 1 fully saturated rings. The first-order valence-corrected chi connectivity index (χ1v) is 7.23. The fraction of sp³-hybridized carbons (Fsp3) is 0.500. The molecule has 20 heavy (non-hydrogen) atoms. The lowest BCUT2D eigenvalue weighted by Crippen LogP contribution is -2.43. The van der Waals surface area contributed by atoms with Crippen molar-refractivity contribution in [3.05, 3.63) is 34.3 Å². The molecule has 1 atom stereocenters. The van der Waals surface area contributed by atoms with Gasteiger partial charge in [-0.05, 0) is 31.5 Å². The zero-order chi connectivity index (χ0) is 14.8. The van der Waals surface area contributed by atoms with Gasteiger partial charge in [0, 0.05) is 16.6 Å². The molecule has 0 aromatic heterocycles. The summed E-state index contributed by atoms with van der Waals surface area (Å²) in [5.74, 6) is -1.45. The summed E-state index contributed by atoms with van der Waals surface area (Å²) in [6.45, 7) is 0.523. The van der Waals surface area contributed by atoms with Crippen LogP contribution in [0, 0.1) is 5.92 Å². The lowest BCUT2D eigenvalue weighted by molar-refractivity contribution is -0.186. The molecule has 110 valence electrons. The third kappa shape index (κ3) is 4.06. The second-order valence-electron chi connectivity index (χ2n) is 5.05. The molecular formula is C14H15BrF3NO. The van der Waals surface area contributed by atoms with Crippen LogP contribution in [-0.4, -0.2) is 36.5 Å². The summed E-state index contributed by atoms with van der Waals surface area (Å²) < 4.78 is 39.0. The molecule has 1 aliphatic heterocycles. The molecule has 2 nitrogen and oxygen atoms in total. The van der Waals surface area contributed by atoms with Gasteiger partial charge in [0.05, 0.1) is 12.5 Å². The van der Waals surface area contributed by atoms with E-state index in [1.54, 1.807) is 29.2 Å². The molecular weight excluding hydrogens is 335 g/mol. The number of carbonyl (C=O) groups is 1. The van der Waals surface area contributed by atoms with E-state index in [1.807, 2.05) is 0 Å². The first-order chi connectivity index (χ1) is 9.36. The van der Waals surface area contributed by atoms with Crippen molar-refractivity contribution in [2.24, 2.45) is 5.92 Å². The lowest BCUT2D eigenvalue weighted by atomic mass is 9.97. The van der Waals surface area contributed by atoms with Gasteiger partial charge in [-0.2, -0.15) is 13.2 Å². The van der Waals surface area contributed by atoms with Crippen molar-refractivity contribution in [1.29, 1.82) is 0 Å². The van der Waals surface area contributed by atoms with Crippen molar-refractivity contribution in [2.45, 2.75) is 19.0 Å². The summed E-state index contributed by atoms with van der Waals surface area (Å²) in [6.07, 6.45) is -3.52. The van der Waals surface area contributed by atoms with Crippen LogP contribution in [0.2, 0.25) is 0 Å². The highest BCUT2D eigenvalue weighted by Gasteiger charge is 2.41. The van der Waals surface area contributed by atoms with Crippen LogP contribution in [0.3, 0.4) is 0 Å². The van der Waals surface area contributed by atoms with E-state index in [4.69, 9.17) is 0 Å². The Morgan fingerprint density at radius 1 is 1.30 bits per heavy atom. The van der Waals surface area contributed by atoms with Gasteiger partial charge in [-0.15, -0.1) is 0 Å². The summed E-state index contributed by atoms with van der Waals surface area (Å²) in [5.41, 5.74) is 0.530. The smallest absolute Gasteiger partial charge is 0.295 e. The number of ketones is 1. The quantitative estimate of drug-likeness (QED) is 0.771. The lowest BCUT2D eigenvalue weighted by Gasteiger charge is -2.33. The van der Waals surface area contributed by atoms with Crippen LogP contribution in [0.5, 0.6) is 0 Å². The Bertz CT molecular complexity index is 472. The molecule has 1 heterocycles. The molecule has 1 aromatic carbocycles. The molecule has 1 aliphatic rings. The van der Waals surface area contributed by atoms with Crippen LogP contribution in [-0.2, 0) is 0 Å². The van der Waals surface area contributed by atoms with Crippen molar-refractivity contribution < 1.29 is 18.0 Å². The van der Waals surface area contributed by atoms with E-state index in [9.17, 15) is 18.0 Å². The number of Topliss-reactive ketones (excluding diaryl/α,β-unsaturated/α-hetero) is 1. The molecule has 0 aliphatic carbocycles. The SMILES string of the molecule is O=C(CN1CCCC(C(F)(F)F)C1)c1ccc(Br)cc1. The van der Waals surface area contributed by atoms with E-state index in [0.717, 1.165) is 4.47 Å². The largest absolute Gasteiger partial charge is 0.393 e. The van der Waals surface area contributed by atoms with Gasteiger partial charge in [0.25, 0.3) is 0 Å². The Labute approximate surface area is 124 Å². The van der Waals surface area contributed by atoms with Gasteiger partial charge in [-0.3, -0.25) is 9.69 Å². The van der Waals surface area contributed by atoms with Crippen LogP contribution in [0.25, 0.3) is 0 Å². The highest BCUT2D eigenvalue weighted by atomic mass is 79.9. The van der Waals surface area contributed by atoms with Crippen molar-refractivity contribution in [3.63, 3.8) is 0 Å². The van der Waals surface area contributed by atoms with E-state index in [2.05, 4.69) is 15.9 Å². The third-order valence-corrected chi connectivity index (χ3v) is 4.03. The molecule has 1 saturated heterocycles. The molecule has 1 aromatic rings. The molecule has 6 heteroatoms. The van der Waals surface area contributed by atoms with Crippen molar-refractivity contribution >= 4 is 21.7 Å². The minimum Gasteiger partial charge on any atom is -0.295 e. The van der Waals surface area contributed by atoms with Crippen LogP contribution in [0.15, 0.2) is 28.7 Å². The van der Waals surface area contributed by atoms with Crippen LogP contribution in [0.1, 0.15) is 23.2 Å². The van der Waals surface area contributed by atoms with Crippen LogP contribution < -0.4 is 0 Å². The molecule has 0 saturated carbocycles. The van der Waals surface area contributed by atoms with Gasteiger partial charge in [0.2, 0.25) is 0 Å². The van der Waals surface area contributed by atoms with Crippen LogP contribution in [0.4, 0.5) is 13.2 Å². The highest BCUT2D eigenvalue weighted by Crippen LogP contribution is 2.33. The fourth-order valence-electron chi connectivity index (χ4n) is 2.40. The summed E-state index contributed by atoms with van der Waals surface area (Å²) in [4.78, 5) is 13.6. The predicted molar refractivity (Wildman–Crippen MR) is 73.7 cm³/mol. The molecule has 0 spiro atoms. The van der Waals surface area contributed by atoms with Gasteiger partial charge in [-0.1, -0.05) is 28.1 Å². The number of alkyl halides is 3. The number of likely N-dealkylation sites (tertiary alicyclic amines) is 1. The zero-order valence-corrected chi connectivity index (χ0v) is 12.4. The Morgan fingerprint density at radius 3 is 2.55 bits per heavy atom. The second-order valence-corrected chi connectivity index (χ2v) is 5.96. The second kappa shape index (κ2) is 6.26. The van der Waals surface area contributed by atoms with Crippen molar-refractivity contribution in [2.75, 3.05) is 19.6 Å². The van der Waals surface area contributed by atoms with Gasteiger partial charge < -0.3 is 0 Å². The first kappa shape index (κ1) is 15.5. The third-order valence-electron chi connectivity index (χ3n) is 3.50. The van der Waals surface area contributed by atoms with Gasteiger partial charge >= 0.3 is 6.18 Å². The van der Waals surface area contributed by atoms with E-state index >= 15 is 0 Å². The summed E-state index contributed by atoms with van der Waals surface area (Å²) >= 11 is 3.28. The van der Waals surface area contributed by atoms with Crippen LogP contribution >= 0.6 is 15.9 Å². The minimum atomic E-state index is -4.17. The average Bonchev–Trinajstić information content (AvgIpc) is 2.38. The normalized spacial score (nSPS) is 20.9. The topological polar surface area (TPSA) is 20.3 Å². The number of hydrogen-bond acceptors (Lipinski definition) is 2. The van der Waals surface area contributed by atoms with Gasteiger partial charge in [0.15, 0.2) is 5.78 Å². The van der Waals surface area contributed by atoms with Crippen molar-refractivity contribution in [3.8, 4) is 0 Å². The molecule has 1 unspecified atom stereocenters. The van der Waals surface area contributed by atoms with Gasteiger partial charge in [-0.25, -0.2) is 0 Å². The van der Waals surface area contributed by atoms with Crippen molar-refractivity contribution in [1.82, 2.24) is 4.90 Å². The standard InChI is InChI=1S/C14H15BrF3NO/c15-12-5-3-10(4-6-12)13(20)9-19-7-1-2-11(8-19)14(16,17)18/h3-6,11H,1-2,7-9H2. The number of nitrogens with zero attached hydrogens (tertiary/aromatic N) is 1. The molecule has 0 amide bonds. The number of halogens is 4. The molecule has 2 rings (SSSR count). The number of benzene rings is 1. The Balaban J connectivity index is 1.96. The zero-order valence-electron chi connectivity index (χ0n) is 10.8. The fourth-order valence-corrected chi connectivity index (χ4v) is 2.66. The molecule has 0 radical (unpaired) electrons. The maximum Gasteiger partial charge on any atom is 0.393 e. The monoisotopic (exact) mass is 349 g/mol.